The van der Waals surface area contributed by atoms with Crippen LogP contribution in [0.5, 0.6) is 0 Å². The smallest absolute Gasteiger partial charge is 0.0922 e. The van der Waals surface area contributed by atoms with E-state index in [4.69, 9.17) is 9.47 Å². The lowest BCUT2D eigenvalue weighted by Crippen LogP contribution is -2.15. The van der Waals surface area contributed by atoms with Crippen LogP contribution in [-0.2, 0) is 9.47 Å². The summed E-state index contributed by atoms with van der Waals surface area (Å²) in [4.78, 5) is 8.21. The minimum absolute atomic E-state index is 0. The summed E-state index contributed by atoms with van der Waals surface area (Å²) in [6.07, 6.45) is 41.4. The Bertz CT molecular complexity index is 1310. The van der Waals surface area contributed by atoms with Gasteiger partial charge < -0.3 is 20.1 Å². The highest BCUT2D eigenvalue weighted by Crippen LogP contribution is 2.12. The highest BCUT2D eigenvalue weighted by Gasteiger charge is 1.92. The second-order valence-corrected chi connectivity index (χ2v) is 29.4. The van der Waals surface area contributed by atoms with Crippen molar-refractivity contribution in [3.8, 4) is 0 Å². The molecule has 0 unspecified atom stereocenters. The topological polar surface area (TPSA) is 67.2 Å². The number of hydrogen-bond acceptors (Lipinski definition) is 8. The van der Waals surface area contributed by atoms with Gasteiger partial charge in [0.05, 0.1) is 24.7 Å². The van der Waals surface area contributed by atoms with Gasteiger partial charge in [0.1, 0.15) is 0 Å². The molecule has 0 aromatic carbocycles. The zero-order valence-electron chi connectivity index (χ0n) is 62.6. The molecule has 0 saturated carbocycles. The minimum atomic E-state index is 0. The number of nitrogens with zero attached hydrogens (tertiary/aromatic N) is 2. The second kappa shape index (κ2) is 105. The summed E-state index contributed by atoms with van der Waals surface area (Å²) in [6, 6.07) is 1.11. The molecule has 0 atom stereocenters. The van der Waals surface area contributed by atoms with Crippen molar-refractivity contribution in [1.82, 2.24) is 10.6 Å². The number of allylic oxidation sites excluding steroid dienone is 12. The number of hydrogen-bond donors (Lipinski definition) is 2. The number of nitrogens with one attached hydrogen (secondary N) is 2. The van der Waals surface area contributed by atoms with Crippen molar-refractivity contribution in [3.63, 3.8) is 0 Å². The Morgan fingerprint density at radius 1 is 0.258 bits per heavy atom. The van der Waals surface area contributed by atoms with Crippen molar-refractivity contribution in [2.75, 3.05) is 0 Å². The van der Waals surface area contributed by atoms with E-state index in [9.17, 15) is 0 Å². The van der Waals surface area contributed by atoms with Crippen LogP contribution in [0.15, 0.2) is 131 Å². The van der Waals surface area contributed by atoms with E-state index < -0.39 is 0 Å². The molecule has 0 rings (SSSR count). The van der Waals surface area contributed by atoms with Crippen molar-refractivity contribution in [1.29, 1.82) is 0 Å². The van der Waals surface area contributed by atoms with Crippen LogP contribution in [0.2, 0.25) is 0 Å². The fourth-order valence-corrected chi connectivity index (χ4v) is 5.22. The van der Waals surface area contributed by atoms with Crippen LogP contribution in [0, 0.1) is 71.0 Å². The summed E-state index contributed by atoms with van der Waals surface area (Å²) in [6.45, 7) is 77.1. The number of aliphatic imine (C=N–C) groups is 2. The zero-order valence-corrected chi connectivity index (χ0v) is 64.3. The Kier molecular flexibility index (Phi) is 154. The van der Waals surface area contributed by atoms with Gasteiger partial charge in [-0.25, -0.2) is 0 Å². The lowest BCUT2D eigenvalue weighted by molar-refractivity contribution is 0.177. The van der Waals surface area contributed by atoms with Gasteiger partial charge in [0.25, 0.3) is 0 Å². The van der Waals surface area contributed by atoms with Crippen LogP contribution in [0.3, 0.4) is 0 Å². The predicted molar refractivity (Wildman–Crippen MR) is 461 cm³/mol. The summed E-state index contributed by atoms with van der Waals surface area (Å²) in [5, 5.41) is 12.2. The maximum Gasteiger partial charge on any atom is 0.0922 e. The SMILES string of the molecule is C.C.C.C.C.C.C.C.C.CC(C)/C=C\C=C/C(C)C.CC(C)/C=C\NC(C)C.CC(C)/C=C\NC(C)C.CC(C)/C=C\OC(C)C.CC(C)/C=C\OC(C)C.CC(C)/C=C\SC(C)C.CC(C)/C=C\SC(C)C.CC(C)C=N/C=C\C(C)C.CC(C)C=N/C=C\C(C)C. The molecule has 0 aromatic heterocycles. The van der Waals surface area contributed by atoms with Crippen LogP contribution < -0.4 is 10.6 Å². The van der Waals surface area contributed by atoms with E-state index in [0.717, 1.165) is 10.5 Å². The van der Waals surface area contributed by atoms with Crippen molar-refractivity contribution in [2.24, 2.45) is 81.0 Å². The first-order valence-corrected chi connectivity index (χ1v) is 34.4. The third kappa shape index (κ3) is 231. The number of thioether (sulfide) groups is 2. The molecule has 570 valence electrons. The lowest BCUT2D eigenvalue weighted by atomic mass is 10.2. The maximum atomic E-state index is 5.17. The van der Waals surface area contributed by atoms with Crippen molar-refractivity contribution < 1.29 is 9.47 Å². The first kappa shape index (κ1) is 137. The Morgan fingerprint density at radius 3 is 0.634 bits per heavy atom. The summed E-state index contributed by atoms with van der Waals surface area (Å²) in [5.41, 5.74) is 0. The van der Waals surface area contributed by atoms with E-state index in [2.05, 4.69) is 314 Å². The summed E-state index contributed by atoms with van der Waals surface area (Å²) in [7, 11) is 0. The maximum absolute atomic E-state index is 5.17. The Hall–Kier alpha value is -3.36. The van der Waals surface area contributed by atoms with E-state index in [0.29, 0.717) is 95.3 Å². The molecule has 0 aliphatic rings. The highest BCUT2D eigenvalue weighted by molar-refractivity contribution is 8.02. The summed E-state index contributed by atoms with van der Waals surface area (Å²) in [5.74, 6) is 7.49. The fourth-order valence-electron chi connectivity index (χ4n) is 3.78. The van der Waals surface area contributed by atoms with Gasteiger partial charge in [-0.1, -0.05) is 321 Å². The summed E-state index contributed by atoms with van der Waals surface area (Å²) < 4.78 is 10.3. The first-order chi connectivity index (χ1) is 38.6. The van der Waals surface area contributed by atoms with E-state index in [-0.39, 0.29) is 66.8 Å². The molecule has 0 bridgehead atoms. The van der Waals surface area contributed by atoms with Gasteiger partial charge in [0.15, 0.2) is 0 Å². The number of rotatable bonds is 27. The van der Waals surface area contributed by atoms with E-state index in [1.54, 1.807) is 12.5 Å². The lowest BCUT2D eigenvalue weighted by Gasteiger charge is -2.03. The first-order valence-electron chi connectivity index (χ1n) is 32.5. The van der Waals surface area contributed by atoms with Gasteiger partial charge in [0, 0.05) is 47.4 Å². The molecular weight excluding hydrogens is 1170 g/mol. The van der Waals surface area contributed by atoms with Gasteiger partial charge in [-0.15, -0.1) is 23.5 Å². The molecule has 0 fully saturated rings. The summed E-state index contributed by atoms with van der Waals surface area (Å²) >= 11 is 3.76. The molecule has 2 N–H and O–H groups in total. The van der Waals surface area contributed by atoms with Gasteiger partial charge in [-0.3, -0.25) is 9.98 Å². The Balaban J connectivity index is -0.0000000420. The van der Waals surface area contributed by atoms with Crippen LogP contribution >= 0.6 is 23.5 Å². The van der Waals surface area contributed by atoms with E-state index >= 15 is 0 Å². The fraction of sp³-hybridized carbons (Fsp3) is 0.741. The standard InChI is InChI=1S/C10H18.2C9H17N.2C8H17N.2C8H16O.2C8H16S.9CH4/c1-9(2)7-5-6-8-10(3)4;2*1-8(2)5-6-10-7-9(3)4;6*1-7(2)5-6-9-8(3)4;;;;;;;;;/h5-10H,1-4H3;2*5-9H,1-4H3;2*5-9H,1-4H3;4*5-8H,1-4H3;9*1H4/b7-5-,8-6-;2*6-5-,10-7?;6*6-5-;;;;;;;;;. The highest BCUT2D eigenvalue weighted by atomic mass is 32.2. The molecular formula is C85H186N4O2S2. The van der Waals surface area contributed by atoms with Crippen LogP contribution in [0.1, 0.15) is 316 Å². The molecule has 0 aliphatic heterocycles. The minimum Gasteiger partial charge on any atom is -0.499 e. The average molecular weight is 1360 g/mol. The molecule has 0 aromatic rings. The van der Waals surface area contributed by atoms with Gasteiger partial charge in [0.2, 0.25) is 0 Å². The van der Waals surface area contributed by atoms with Crippen molar-refractivity contribution >= 4 is 36.0 Å². The van der Waals surface area contributed by atoms with Crippen molar-refractivity contribution in [2.45, 2.75) is 351 Å². The van der Waals surface area contributed by atoms with Crippen LogP contribution in [0.25, 0.3) is 0 Å². The van der Waals surface area contributed by atoms with Crippen molar-refractivity contribution in [3.05, 3.63) is 121 Å². The third-order valence-electron chi connectivity index (χ3n) is 8.06. The molecule has 0 heterocycles. The molecule has 8 heteroatoms. The normalized spacial score (nSPS) is 11.1. The Labute approximate surface area is 605 Å². The quantitative estimate of drug-likeness (QED) is 0.0485. The van der Waals surface area contributed by atoms with Gasteiger partial charge >= 0.3 is 0 Å². The molecule has 0 amide bonds. The predicted octanol–water partition coefficient (Wildman–Crippen LogP) is 31.0. The van der Waals surface area contributed by atoms with Gasteiger partial charge in [-0.2, -0.15) is 0 Å². The van der Waals surface area contributed by atoms with E-state index in [1.807, 2.05) is 101 Å². The van der Waals surface area contributed by atoms with E-state index in [1.165, 1.54) is 0 Å². The monoisotopic (exact) mass is 1360 g/mol. The zero-order chi connectivity index (χ0) is 67.6. The largest absolute Gasteiger partial charge is 0.499 e. The molecule has 6 nitrogen and oxygen atoms in total. The second-order valence-electron chi connectivity index (χ2n) is 26.4. The molecule has 0 saturated heterocycles. The van der Waals surface area contributed by atoms with Crippen LogP contribution in [0.4, 0.5) is 0 Å². The van der Waals surface area contributed by atoms with Gasteiger partial charge in [-0.05, 0) is 162 Å². The molecule has 0 radical (unpaired) electrons. The Morgan fingerprint density at radius 2 is 0.473 bits per heavy atom. The third-order valence-corrected chi connectivity index (χ3v) is 9.78. The average Bonchev–Trinajstić information content (AvgIpc) is 3.31. The molecule has 93 heavy (non-hydrogen) atoms. The van der Waals surface area contributed by atoms with Crippen LogP contribution in [-0.4, -0.2) is 47.2 Å². The molecule has 0 aliphatic carbocycles. The number of ether oxygens (including phenoxy) is 2. The molecule has 0 spiro atoms.